The van der Waals surface area contributed by atoms with Crippen molar-refractivity contribution >= 4 is 22.8 Å². The van der Waals surface area contributed by atoms with E-state index < -0.39 is 0 Å². The van der Waals surface area contributed by atoms with Crippen LogP contribution in [0.1, 0.15) is 46.5 Å². The summed E-state index contributed by atoms with van der Waals surface area (Å²) in [6, 6.07) is 0. The van der Waals surface area contributed by atoms with Crippen LogP contribution in [-0.4, -0.2) is 35.5 Å². The molecule has 1 unspecified atom stereocenters. The fraction of sp³-hybridized carbons (Fsp3) is 0.846. The van der Waals surface area contributed by atoms with E-state index in [1.165, 1.54) is 6.42 Å². The van der Waals surface area contributed by atoms with Crippen LogP contribution in [0.25, 0.3) is 0 Å². The van der Waals surface area contributed by atoms with E-state index >= 15 is 0 Å². The molecule has 0 aromatic rings. The number of hydrogen-bond donors (Lipinski definition) is 2. The van der Waals surface area contributed by atoms with Gasteiger partial charge in [-0.2, -0.15) is 0 Å². The second-order valence-electron chi connectivity index (χ2n) is 4.92. The molecule has 0 aromatic heterocycles. The van der Waals surface area contributed by atoms with Gasteiger partial charge in [0.25, 0.3) is 0 Å². The summed E-state index contributed by atoms with van der Waals surface area (Å²) >= 11 is 1.76. The molecule has 1 atom stereocenters. The number of rotatable bonds is 6. The highest BCUT2D eigenvalue weighted by Crippen LogP contribution is 2.24. The lowest BCUT2D eigenvalue weighted by Gasteiger charge is -2.35. The number of thioether (sulfide) groups is 1. The van der Waals surface area contributed by atoms with Gasteiger partial charge in [0.2, 0.25) is 5.91 Å². The number of nitrogens with zero attached hydrogens (tertiary/aromatic N) is 1. The summed E-state index contributed by atoms with van der Waals surface area (Å²) in [6.45, 7) is 7.81. The Morgan fingerprint density at radius 3 is 3.00 bits per heavy atom. The maximum atomic E-state index is 11.4. The normalized spacial score (nSPS) is 25.8. The zero-order chi connectivity index (χ0) is 13.4. The van der Waals surface area contributed by atoms with Crippen LogP contribution in [0.5, 0.6) is 0 Å². The van der Waals surface area contributed by atoms with Crippen LogP contribution in [0.2, 0.25) is 0 Å². The molecular formula is C13H25N3OS. The summed E-state index contributed by atoms with van der Waals surface area (Å²) in [5.74, 6) is 1.21. The highest BCUT2D eigenvalue weighted by Gasteiger charge is 2.27. The fourth-order valence-electron chi connectivity index (χ4n) is 1.69. The summed E-state index contributed by atoms with van der Waals surface area (Å²) in [5, 5.41) is 7.33. The minimum Gasteiger partial charge on any atom is -0.360 e. The Labute approximate surface area is 114 Å². The fourth-order valence-corrected chi connectivity index (χ4v) is 2.94. The molecule has 1 aliphatic rings. The van der Waals surface area contributed by atoms with Gasteiger partial charge in [0.1, 0.15) is 0 Å². The molecule has 0 saturated carbocycles. The molecule has 0 radical (unpaired) electrons. The maximum absolute atomic E-state index is 11.4. The van der Waals surface area contributed by atoms with Crippen molar-refractivity contribution in [3.05, 3.63) is 0 Å². The number of amidine groups is 1. The molecule has 1 rings (SSSR count). The first-order valence-electron chi connectivity index (χ1n) is 6.82. The smallest absolute Gasteiger partial charge is 0.221 e. The maximum Gasteiger partial charge on any atom is 0.221 e. The minimum atomic E-state index is 0.0975. The number of amides is 1. The van der Waals surface area contributed by atoms with Gasteiger partial charge in [-0.1, -0.05) is 25.6 Å². The van der Waals surface area contributed by atoms with Gasteiger partial charge >= 0.3 is 0 Å². The molecule has 0 aromatic carbocycles. The molecule has 0 spiro atoms. The second-order valence-corrected chi connectivity index (χ2v) is 6.01. The van der Waals surface area contributed by atoms with Crippen molar-refractivity contribution < 1.29 is 4.79 Å². The lowest BCUT2D eigenvalue weighted by molar-refractivity contribution is -0.120. The topological polar surface area (TPSA) is 53.5 Å². The Hall–Kier alpha value is -0.710. The van der Waals surface area contributed by atoms with Crippen LogP contribution in [-0.2, 0) is 4.79 Å². The Morgan fingerprint density at radius 2 is 2.33 bits per heavy atom. The first kappa shape index (κ1) is 15.3. The van der Waals surface area contributed by atoms with Crippen molar-refractivity contribution in [2.75, 3.05) is 18.8 Å². The van der Waals surface area contributed by atoms with Gasteiger partial charge in [-0.05, 0) is 26.2 Å². The largest absolute Gasteiger partial charge is 0.360 e. The summed E-state index contributed by atoms with van der Waals surface area (Å²) in [6.07, 6.45) is 3.73. The Morgan fingerprint density at radius 1 is 1.56 bits per heavy atom. The third-order valence-corrected chi connectivity index (χ3v) is 4.16. The molecule has 1 saturated heterocycles. The molecule has 0 bridgehead atoms. The van der Waals surface area contributed by atoms with Gasteiger partial charge < -0.3 is 10.6 Å². The summed E-state index contributed by atoms with van der Waals surface area (Å²) < 4.78 is 0. The van der Waals surface area contributed by atoms with E-state index in [0.717, 1.165) is 30.3 Å². The average Bonchev–Trinajstić information content (AvgIpc) is 2.36. The van der Waals surface area contributed by atoms with E-state index in [4.69, 9.17) is 0 Å². The standard InChI is InChI=1S/C13H25N3OS/c1-4-8-14-11(17)6-9-15-12-16-13(3,5-2)7-10-18-12/h4-10H2,1-3H3,(H,14,17)(H,15,16). The van der Waals surface area contributed by atoms with Crippen molar-refractivity contribution in [1.82, 2.24) is 10.6 Å². The van der Waals surface area contributed by atoms with Crippen LogP contribution in [0, 0.1) is 0 Å². The molecule has 2 N–H and O–H groups in total. The first-order chi connectivity index (χ1) is 8.59. The number of aliphatic imine (C=N–C) groups is 1. The molecule has 1 aliphatic heterocycles. The van der Waals surface area contributed by atoms with Gasteiger partial charge in [0.15, 0.2) is 5.17 Å². The summed E-state index contributed by atoms with van der Waals surface area (Å²) in [7, 11) is 0. The Balaban J connectivity index is 2.31. The van der Waals surface area contributed by atoms with E-state index in [1.54, 1.807) is 11.8 Å². The van der Waals surface area contributed by atoms with Gasteiger partial charge in [-0.15, -0.1) is 0 Å². The molecule has 0 aliphatic carbocycles. The lowest BCUT2D eigenvalue weighted by atomic mass is 9.96. The summed E-state index contributed by atoms with van der Waals surface area (Å²) in [5.41, 5.74) is 0.175. The first-order valence-corrected chi connectivity index (χ1v) is 7.80. The third kappa shape index (κ3) is 5.29. The highest BCUT2D eigenvalue weighted by molar-refractivity contribution is 8.13. The van der Waals surface area contributed by atoms with E-state index in [9.17, 15) is 4.79 Å². The summed E-state index contributed by atoms with van der Waals surface area (Å²) in [4.78, 5) is 15.9. The van der Waals surface area contributed by atoms with Gasteiger partial charge in [-0.25, -0.2) is 0 Å². The zero-order valence-electron chi connectivity index (χ0n) is 11.7. The van der Waals surface area contributed by atoms with Crippen molar-refractivity contribution in [1.29, 1.82) is 0 Å². The minimum absolute atomic E-state index is 0.0975. The van der Waals surface area contributed by atoms with Crippen LogP contribution >= 0.6 is 11.8 Å². The van der Waals surface area contributed by atoms with Gasteiger partial charge in [0.05, 0.1) is 6.54 Å². The molecule has 4 nitrogen and oxygen atoms in total. The molecular weight excluding hydrogens is 246 g/mol. The number of carbonyl (C=O) groups excluding carboxylic acids is 1. The number of hydrogen-bond acceptors (Lipinski definition) is 3. The Bertz CT molecular complexity index is 307. The predicted molar refractivity (Wildman–Crippen MR) is 79.1 cm³/mol. The van der Waals surface area contributed by atoms with Crippen LogP contribution in [0.15, 0.2) is 4.99 Å². The van der Waals surface area contributed by atoms with Crippen molar-refractivity contribution in [2.24, 2.45) is 4.99 Å². The average molecular weight is 271 g/mol. The zero-order valence-corrected chi connectivity index (χ0v) is 12.5. The van der Waals surface area contributed by atoms with E-state index in [2.05, 4.69) is 36.4 Å². The van der Waals surface area contributed by atoms with Crippen molar-refractivity contribution in [2.45, 2.75) is 52.0 Å². The highest BCUT2D eigenvalue weighted by atomic mass is 32.2. The lowest BCUT2D eigenvalue weighted by Crippen LogP contribution is -2.48. The molecule has 1 heterocycles. The molecule has 1 fully saturated rings. The van der Waals surface area contributed by atoms with Gasteiger partial charge in [0, 0.05) is 24.3 Å². The molecule has 104 valence electrons. The van der Waals surface area contributed by atoms with Crippen molar-refractivity contribution in [3.8, 4) is 0 Å². The van der Waals surface area contributed by atoms with Crippen LogP contribution in [0.4, 0.5) is 0 Å². The Kier molecular flexibility index (Phi) is 6.54. The number of carbonyl (C=O) groups is 1. The SMILES string of the molecule is CCCNC(=O)CCN=C1NC(C)(CC)CCS1. The van der Waals surface area contributed by atoms with Crippen LogP contribution in [0.3, 0.4) is 0 Å². The number of nitrogens with one attached hydrogen (secondary N) is 2. The van der Waals surface area contributed by atoms with Crippen LogP contribution < -0.4 is 10.6 Å². The monoisotopic (exact) mass is 271 g/mol. The van der Waals surface area contributed by atoms with E-state index in [1.807, 2.05) is 0 Å². The van der Waals surface area contributed by atoms with E-state index in [0.29, 0.717) is 13.0 Å². The molecule has 18 heavy (non-hydrogen) atoms. The van der Waals surface area contributed by atoms with E-state index in [-0.39, 0.29) is 11.4 Å². The predicted octanol–water partition coefficient (Wildman–Crippen LogP) is 2.15. The third-order valence-electron chi connectivity index (χ3n) is 3.25. The quantitative estimate of drug-likeness (QED) is 0.778. The van der Waals surface area contributed by atoms with Gasteiger partial charge in [-0.3, -0.25) is 9.79 Å². The molecule has 1 amide bonds. The van der Waals surface area contributed by atoms with Crippen molar-refractivity contribution in [3.63, 3.8) is 0 Å². The second kappa shape index (κ2) is 7.67. The molecule has 5 heteroatoms.